The van der Waals surface area contributed by atoms with Crippen LogP contribution >= 0.6 is 23.4 Å². The van der Waals surface area contributed by atoms with Gasteiger partial charge < -0.3 is 15.5 Å². The number of halogens is 1. The molecule has 3 aromatic rings. The highest BCUT2D eigenvalue weighted by Crippen LogP contribution is 2.42. The third-order valence-electron chi connectivity index (χ3n) is 5.48. The summed E-state index contributed by atoms with van der Waals surface area (Å²) in [5, 5.41) is 29.0. The molecule has 0 bridgehead atoms. The Hall–Kier alpha value is -2.97. The molecule has 0 amide bonds. The number of nitrogens with one attached hydrogen (secondary N) is 1. The van der Waals surface area contributed by atoms with Crippen LogP contribution in [0, 0.1) is 0 Å². The molecule has 158 valence electrons. The Morgan fingerprint density at radius 1 is 1.16 bits per heavy atom. The molecule has 2 heterocycles. The number of nitrogens with zero attached hydrogens (tertiary/aromatic N) is 3. The Bertz CT molecular complexity index is 1220. The van der Waals surface area contributed by atoms with Crippen LogP contribution in [0.3, 0.4) is 0 Å². The summed E-state index contributed by atoms with van der Waals surface area (Å²) in [4.78, 5) is 17.5. The van der Waals surface area contributed by atoms with E-state index in [4.69, 9.17) is 11.6 Å². The first-order valence-electron chi connectivity index (χ1n) is 9.89. The van der Waals surface area contributed by atoms with Gasteiger partial charge in [-0.05, 0) is 42.2 Å². The average molecular weight is 455 g/mol. The fraction of sp³-hybridized carbons (Fsp3) is 0.227. The van der Waals surface area contributed by atoms with Crippen molar-refractivity contribution in [2.24, 2.45) is 0 Å². The number of ketones is 1. The fourth-order valence-corrected chi connectivity index (χ4v) is 5.09. The van der Waals surface area contributed by atoms with Crippen LogP contribution in [0.2, 0.25) is 5.02 Å². The van der Waals surface area contributed by atoms with E-state index in [1.807, 2.05) is 24.3 Å². The minimum atomic E-state index is -0.521. The molecule has 3 N–H and O–H groups in total. The number of aromatic hydroxyl groups is 2. The zero-order valence-electron chi connectivity index (χ0n) is 16.4. The third kappa shape index (κ3) is 3.66. The molecule has 7 nitrogen and oxygen atoms in total. The van der Waals surface area contributed by atoms with E-state index in [-0.39, 0.29) is 17.3 Å². The van der Waals surface area contributed by atoms with Gasteiger partial charge in [0.25, 0.3) is 0 Å². The first-order chi connectivity index (χ1) is 15.0. The van der Waals surface area contributed by atoms with Crippen LogP contribution in [-0.2, 0) is 10.5 Å². The number of hydrogen-bond acceptors (Lipinski definition) is 7. The van der Waals surface area contributed by atoms with Crippen LogP contribution in [-0.4, -0.2) is 30.8 Å². The molecule has 31 heavy (non-hydrogen) atoms. The minimum absolute atomic E-state index is 0.0535. The largest absolute Gasteiger partial charge is 0.504 e. The average Bonchev–Trinajstić information content (AvgIpc) is 3.16. The summed E-state index contributed by atoms with van der Waals surface area (Å²) in [6.07, 6.45) is 2.00. The lowest BCUT2D eigenvalue weighted by molar-refractivity contribution is -0.116. The van der Waals surface area contributed by atoms with E-state index in [0.717, 1.165) is 24.1 Å². The normalized spacial score (nSPS) is 17.8. The van der Waals surface area contributed by atoms with Gasteiger partial charge in [0.05, 0.1) is 0 Å². The molecule has 5 rings (SSSR count). The van der Waals surface area contributed by atoms with Crippen molar-refractivity contribution < 1.29 is 15.0 Å². The Kier molecular flexibility index (Phi) is 5.11. The number of carbonyl (C=O) groups excluding carboxylic acids is 1. The molecule has 2 aromatic carbocycles. The molecule has 0 spiro atoms. The second kappa shape index (κ2) is 7.94. The third-order valence-corrected chi connectivity index (χ3v) is 6.73. The van der Waals surface area contributed by atoms with Crippen LogP contribution in [0.15, 0.2) is 58.9 Å². The van der Waals surface area contributed by atoms with Crippen molar-refractivity contribution in [2.75, 3.05) is 5.32 Å². The van der Waals surface area contributed by atoms with Crippen molar-refractivity contribution in [3.05, 3.63) is 69.9 Å². The first kappa shape index (κ1) is 20.0. The van der Waals surface area contributed by atoms with Crippen molar-refractivity contribution >= 4 is 35.1 Å². The molecule has 1 aliphatic heterocycles. The SMILES string of the molecule is O=C1CCCC2=C1C(c1ccc(O)c(O)c1)n1nc(SCc3ccccc3Cl)nc1N2. The van der Waals surface area contributed by atoms with Gasteiger partial charge in [0, 0.05) is 28.5 Å². The lowest BCUT2D eigenvalue weighted by atomic mass is 9.85. The topological polar surface area (TPSA) is 100 Å². The van der Waals surface area contributed by atoms with Gasteiger partial charge in [-0.3, -0.25) is 4.79 Å². The maximum atomic E-state index is 12.8. The summed E-state index contributed by atoms with van der Waals surface area (Å²) in [6.45, 7) is 0. The number of hydrogen-bond donors (Lipinski definition) is 3. The zero-order valence-corrected chi connectivity index (χ0v) is 18.0. The quantitative estimate of drug-likeness (QED) is 0.389. The summed E-state index contributed by atoms with van der Waals surface area (Å²) in [7, 11) is 0. The summed E-state index contributed by atoms with van der Waals surface area (Å²) in [5.41, 5.74) is 3.13. The number of benzene rings is 2. The molecule has 2 aliphatic rings. The smallest absolute Gasteiger partial charge is 0.227 e. The predicted octanol–water partition coefficient (Wildman–Crippen LogP) is 4.66. The highest BCUT2D eigenvalue weighted by Gasteiger charge is 2.37. The van der Waals surface area contributed by atoms with E-state index >= 15 is 0 Å². The first-order valence-corrected chi connectivity index (χ1v) is 11.3. The number of Topliss-reactive ketones (excluding diaryl/α,β-unsaturated/α-hetero) is 1. The van der Waals surface area contributed by atoms with Crippen LogP contribution in [0.1, 0.15) is 36.4 Å². The van der Waals surface area contributed by atoms with Gasteiger partial charge in [-0.25, -0.2) is 4.68 Å². The van der Waals surface area contributed by atoms with Gasteiger partial charge in [-0.1, -0.05) is 47.6 Å². The minimum Gasteiger partial charge on any atom is -0.504 e. The summed E-state index contributed by atoms with van der Waals surface area (Å²) >= 11 is 7.72. The second-order valence-corrected chi connectivity index (χ2v) is 8.84. The predicted molar refractivity (Wildman–Crippen MR) is 118 cm³/mol. The number of phenolic OH excluding ortho intramolecular Hbond substituents is 2. The van der Waals surface area contributed by atoms with E-state index in [9.17, 15) is 15.0 Å². The fourth-order valence-electron chi connectivity index (χ4n) is 3.97. The second-order valence-electron chi connectivity index (χ2n) is 7.49. The Morgan fingerprint density at radius 3 is 2.81 bits per heavy atom. The van der Waals surface area contributed by atoms with Gasteiger partial charge in [-0.2, -0.15) is 4.98 Å². The number of anilines is 1. The van der Waals surface area contributed by atoms with E-state index in [0.29, 0.717) is 39.4 Å². The maximum absolute atomic E-state index is 12.8. The number of thioether (sulfide) groups is 1. The van der Waals surface area contributed by atoms with Crippen molar-refractivity contribution in [3.8, 4) is 11.5 Å². The van der Waals surface area contributed by atoms with E-state index in [1.54, 1.807) is 10.7 Å². The lowest BCUT2D eigenvalue weighted by Crippen LogP contribution is -2.31. The highest BCUT2D eigenvalue weighted by atomic mass is 35.5. The Labute approximate surface area is 187 Å². The standard InChI is InChI=1S/C22H19ClN4O3S/c23-14-5-2-1-4-13(14)11-31-22-25-21-24-15-6-3-7-17(29)19(15)20(27(21)26-22)12-8-9-16(28)18(30)10-12/h1-2,4-5,8-10,20,28,30H,3,6-7,11H2,(H,24,25,26). The number of allylic oxidation sites excluding steroid dienone is 2. The molecule has 1 atom stereocenters. The number of fused-ring (bicyclic) bond motifs is 1. The van der Waals surface area contributed by atoms with Gasteiger partial charge in [0.15, 0.2) is 17.3 Å². The van der Waals surface area contributed by atoms with E-state index in [2.05, 4.69) is 15.4 Å². The monoisotopic (exact) mass is 454 g/mol. The van der Waals surface area contributed by atoms with Gasteiger partial charge in [0.2, 0.25) is 11.1 Å². The molecular formula is C22H19ClN4O3S. The van der Waals surface area contributed by atoms with E-state index in [1.165, 1.54) is 23.9 Å². The molecule has 0 radical (unpaired) electrons. The molecule has 0 saturated carbocycles. The van der Waals surface area contributed by atoms with Crippen molar-refractivity contribution in [1.82, 2.24) is 14.8 Å². The lowest BCUT2D eigenvalue weighted by Gasteiger charge is -2.32. The number of aromatic nitrogens is 3. The zero-order chi connectivity index (χ0) is 21.5. The molecule has 0 saturated heterocycles. The molecule has 1 aromatic heterocycles. The maximum Gasteiger partial charge on any atom is 0.227 e. The van der Waals surface area contributed by atoms with Crippen LogP contribution in [0.4, 0.5) is 5.95 Å². The van der Waals surface area contributed by atoms with Crippen LogP contribution in [0.25, 0.3) is 0 Å². The number of phenols is 2. The summed E-state index contributed by atoms with van der Waals surface area (Å²) < 4.78 is 1.68. The van der Waals surface area contributed by atoms with Gasteiger partial charge >= 0.3 is 0 Å². The molecule has 1 unspecified atom stereocenters. The summed E-state index contributed by atoms with van der Waals surface area (Å²) in [5.74, 6) is 0.762. The van der Waals surface area contributed by atoms with Crippen molar-refractivity contribution in [2.45, 2.75) is 36.2 Å². The highest BCUT2D eigenvalue weighted by molar-refractivity contribution is 7.98. The number of rotatable bonds is 4. The Morgan fingerprint density at radius 2 is 2.00 bits per heavy atom. The molecule has 9 heteroatoms. The van der Waals surface area contributed by atoms with Crippen molar-refractivity contribution in [1.29, 1.82) is 0 Å². The van der Waals surface area contributed by atoms with E-state index < -0.39 is 6.04 Å². The number of carbonyl (C=O) groups is 1. The van der Waals surface area contributed by atoms with Crippen molar-refractivity contribution in [3.63, 3.8) is 0 Å². The molecule has 0 fully saturated rings. The Balaban J connectivity index is 1.53. The molecular weight excluding hydrogens is 436 g/mol. The molecule has 1 aliphatic carbocycles. The van der Waals surface area contributed by atoms with Gasteiger partial charge in [0.1, 0.15) is 6.04 Å². The van der Waals surface area contributed by atoms with Gasteiger partial charge in [-0.15, -0.1) is 5.10 Å². The van der Waals surface area contributed by atoms with Crippen LogP contribution < -0.4 is 5.32 Å². The summed E-state index contributed by atoms with van der Waals surface area (Å²) in [6, 6.07) is 11.7. The van der Waals surface area contributed by atoms with Crippen LogP contribution in [0.5, 0.6) is 11.5 Å².